The molecule has 0 aliphatic rings. The van der Waals surface area contributed by atoms with Crippen LogP contribution in [0.15, 0.2) is 28.7 Å². The van der Waals surface area contributed by atoms with Crippen molar-refractivity contribution in [1.29, 1.82) is 0 Å². The van der Waals surface area contributed by atoms with Crippen molar-refractivity contribution in [2.75, 3.05) is 6.61 Å². The smallest absolute Gasteiger partial charge is 0.223 e. The molecule has 5 nitrogen and oxygen atoms in total. The summed E-state index contributed by atoms with van der Waals surface area (Å²) >= 11 is 0. The number of nitrogens with one attached hydrogen (secondary N) is 1. The largest absolute Gasteiger partial charge is 0.490 e. The minimum atomic E-state index is -0.637. The maximum absolute atomic E-state index is 12.0. The lowest BCUT2D eigenvalue weighted by molar-refractivity contribution is -0.124. The Hall–Kier alpha value is -2.01. The second-order valence-electron chi connectivity index (χ2n) is 6.06. The number of carbonyl (C=O) groups excluding carboxylic acids is 1. The van der Waals surface area contributed by atoms with Gasteiger partial charge >= 0.3 is 0 Å². The van der Waals surface area contributed by atoms with Crippen LogP contribution in [0.5, 0.6) is 5.75 Å². The van der Waals surface area contributed by atoms with Gasteiger partial charge in [-0.05, 0) is 31.9 Å². The number of benzene rings is 1. The highest BCUT2D eigenvalue weighted by molar-refractivity contribution is 5.84. The number of fused-ring (bicyclic) bond motifs is 1. The highest BCUT2D eigenvalue weighted by Crippen LogP contribution is 2.31. The number of rotatable bonds is 7. The molecule has 2 atom stereocenters. The number of aliphatic hydroxyl groups excluding tert-OH is 1. The van der Waals surface area contributed by atoms with Gasteiger partial charge in [0.2, 0.25) is 5.91 Å². The van der Waals surface area contributed by atoms with Gasteiger partial charge in [0.15, 0.2) is 11.3 Å². The number of amides is 1. The lowest BCUT2D eigenvalue weighted by atomic mass is 10.0. The van der Waals surface area contributed by atoms with Crippen LogP contribution in [0.25, 0.3) is 11.0 Å². The molecular formula is C18H25NO4. The minimum absolute atomic E-state index is 0.0519. The van der Waals surface area contributed by atoms with Crippen LogP contribution in [0, 0.1) is 5.92 Å². The quantitative estimate of drug-likeness (QED) is 0.820. The van der Waals surface area contributed by atoms with Crippen molar-refractivity contribution in [2.24, 2.45) is 5.92 Å². The van der Waals surface area contributed by atoms with Gasteiger partial charge in [0, 0.05) is 5.39 Å². The van der Waals surface area contributed by atoms with Crippen LogP contribution in [-0.2, 0) is 4.79 Å². The van der Waals surface area contributed by atoms with E-state index in [4.69, 9.17) is 9.15 Å². The molecule has 0 saturated carbocycles. The van der Waals surface area contributed by atoms with E-state index in [1.165, 1.54) is 0 Å². The molecule has 1 aromatic heterocycles. The summed E-state index contributed by atoms with van der Waals surface area (Å²) in [6, 6.07) is 7.35. The van der Waals surface area contributed by atoms with Crippen molar-refractivity contribution in [2.45, 2.75) is 46.3 Å². The molecule has 5 heteroatoms. The Morgan fingerprint density at radius 3 is 2.74 bits per heavy atom. The van der Waals surface area contributed by atoms with E-state index in [2.05, 4.69) is 5.32 Å². The van der Waals surface area contributed by atoms with E-state index < -0.39 is 6.10 Å². The maximum atomic E-state index is 12.0. The summed E-state index contributed by atoms with van der Waals surface area (Å²) in [5, 5.41) is 13.6. The zero-order chi connectivity index (χ0) is 17.0. The second kappa shape index (κ2) is 7.51. The fraction of sp³-hybridized carbons (Fsp3) is 0.500. The Balaban J connectivity index is 2.10. The molecule has 2 unspecified atom stereocenters. The topological polar surface area (TPSA) is 71.7 Å². The summed E-state index contributed by atoms with van der Waals surface area (Å²) in [7, 11) is 0. The summed E-state index contributed by atoms with van der Waals surface area (Å²) in [6.07, 6.45) is -0.547. The monoisotopic (exact) mass is 319 g/mol. The second-order valence-corrected chi connectivity index (χ2v) is 6.06. The number of aliphatic hydroxyl groups is 1. The fourth-order valence-electron chi connectivity index (χ4n) is 2.34. The van der Waals surface area contributed by atoms with Gasteiger partial charge in [-0.3, -0.25) is 4.79 Å². The first-order chi connectivity index (χ1) is 10.9. The normalized spacial score (nSPS) is 14.0. The van der Waals surface area contributed by atoms with Gasteiger partial charge in [-0.25, -0.2) is 0 Å². The molecule has 1 heterocycles. The van der Waals surface area contributed by atoms with E-state index in [1.807, 2.05) is 52.0 Å². The van der Waals surface area contributed by atoms with Gasteiger partial charge in [-0.2, -0.15) is 0 Å². The van der Waals surface area contributed by atoms with Crippen molar-refractivity contribution in [1.82, 2.24) is 5.32 Å². The van der Waals surface area contributed by atoms with Crippen molar-refractivity contribution < 1.29 is 19.1 Å². The molecule has 2 rings (SSSR count). The van der Waals surface area contributed by atoms with Gasteiger partial charge in [0.1, 0.15) is 5.76 Å². The predicted octanol–water partition coefficient (Wildman–Crippen LogP) is 3.42. The van der Waals surface area contributed by atoms with E-state index in [9.17, 15) is 9.90 Å². The zero-order valence-electron chi connectivity index (χ0n) is 14.1. The molecule has 23 heavy (non-hydrogen) atoms. The van der Waals surface area contributed by atoms with Crippen LogP contribution >= 0.6 is 0 Å². The van der Waals surface area contributed by atoms with E-state index in [1.54, 1.807) is 0 Å². The Morgan fingerprint density at radius 1 is 1.35 bits per heavy atom. The Kier molecular flexibility index (Phi) is 5.66. The molecule has 1 amide bonds. The third kappa shape index (κ3) is 4.26. The van der Waals surface area contributed by atoms with Crippen LogP contribution < -0.4 is 10.1 Å². The zero-order valence-corrected chi connectivity index (χ0v) is 14.1. The van der Waals surface area contributed by atoms with E-state index in [0.29, 0.717) is 23.7 Å². The van der Waals surface area contributed by atoms with Crippen LogP contribution in [0.1, 0.15) is 45.9 Å². The van der Waals surface area contributed by atoms with E-state index >= 15 is 0 Å². The van der Waals surface area contributed by atoms with E-state index in [-0.39, 0.29) is 24.3 Å². The summed E-state index contributed by atoms with van der Waals surface area (Å²) < 4.78 is 11.4. The third-order valence-electron chi connectivity index (χ3n) is 3.80. The molecule has 0 bridgehead atoms. The number of hydrogen-bond donors (Lipinski definition) is 2. The summed E-state index contributed by atoms with van der Waals surface area (Å²) in [4.78, 5) is 12.0. The molecule has 0 radical (unpaired) electrons. The van der Waals surface area contributed by atoms with Gasteiger partial charge in [0.05, 0.1) is 25.2 Å². The lowest BCUT2D eigenvalue weighted by Gasteiger charge is -2.16. The lowest BCUT2D eigenvalue weighted by Crippen LogP contribution is -2.31. The van der Waals surface area contributed by atoms with Gasteiger partial charge in [-0.1, -0.05) is 26.0 Å². The number of furan rings is 1. The fourth-order valence-corrected chi connectivity index (χ4v) is 2.34. The average molecular weight is 319 g/mol. The maximum Gasteiger partial charge on any atom is 0.223 e. The minimum Gasteiger partial charge on any atom is -0.490 e. The number of ether oxygens (including phenoxy) is 1. The van der Waals surface area contributed by atoms with E-state index in [0.717, 1.165) is 5.39 Å². The average Bonchev–Trinajstić information content (AvgIpc) is 2.92. The Morgan fingerprint density at radius 2 is 2.09 bits per heavy atom. The predicted molar refractivity (Wildman–Crippen MR) is 89.4 cm³/mol. The molecule has 0 aliphatic carbocycles. The molecular weight excluding hydrogens is 294 g/mol. The molecule has 0 spiro atoms. The molecule has 2 aromatic rings. The van der Waals surface area contributed by atoms with Crippen molar-refractivity contribution in [3.8, 4) is 5.75 Å². The first-order valence-corrected chi connectivity index (χ1v) is 8.05. The van der Waals surface area contributed by atoms with Crippen LogP contribution in [0.3, 0.4) is 0 Å². The van der Waals surface area contributed by atoms with Gasteiger partial charge < -0.3 is 19.6 Å². The SMILES string of the molecule is CCOc1cccc2cc(C(C)NC(=O)CC(O)C(C)C)oc12. The Bertz CT molecular complexity index is 662. The Labute approximate surface area is 136 Å². The van der Waals surface area contributed by atoms with Crippen LogP contribution in [0.2, 0.25) is 0 Å². The highest BCUT2D eigenvalue weighted by atomic mass is 16.5. The molecule has 1 aromatic carbocycles. The molecule has 126 valence electrons. The van der Waals surface area contributed by atoms with Crippen LogP contribution in [0.4, 0.5) is 0 Å². The number of para-hydroxylation sites is 1. The summed E-state index contributed by atoms with van der Waals surface area (Å²) in [5.41, 5.74) is 0.688. The third-order valence-corrected chi connectivity index (χ3v) is 3.80. The van der Waals surface area contributed by atoms with Gasteiger partial charge in [-0.15, -0.1) is 0 Å². The molecule has 0 saturated heterocycles. The summed E-state index contributed by atoms with van der Waals surface area (Å²) in [5.74, 6) is 1.23. The molecule has 0 aliphatic heterocycles. The number of hydrogen-bond acceptors (Lipinski definition) is 4. The van der Waals surface area contributed by atoms with Crippen molar-refractivity contribution in [3.63, 3.8) is 0 Å². The molecule has 0 fully saturated rings. The van der Waals surface area contributed by atoms with Crippen molar-refractivity contribution >= 4 is 16.9 Å². The summed E-state index contributed by atoms with van der Waals surface area (Å²) in [6.45, 7) is 8.11. The van der Waals surface area contributed by atoms with Gasteiger partial charge in [0.25, 0.3) is 0 Å². The standard InChI is InChI=1S/C18H25NO4/c1-5-22-15-8-6-7-13-9-16(23-18(13)15)12(4)19-17(21)10-14(20)11(2)3/h6-9,11-12,14,20H,5,10H2,1-4H3,(H,19,21). The first kappa shape index (κ1) is 17.3. The van der Waals surface area contributed by atoms with Crippen LogP contribution in [-0.4, -0.2) is 23.7 Å². The van der Waals surface area contributed by atoms with Crippen molar-refractivity contribution in [3.05, 3.63) is 30.0 Å². The number of carbonyl (C=O) groups is 1. The molecule has 2 N–H and O–H groups in total. The first-order valence-electron chi connectivity index (χ1n) is 8.05. The highest BCUT2D eigenvalue weighted by Gasteiger charge is 2.19.